The van der Waals surface area contributed by atoms with Gasteiger partial charge in [0.2, 0.25) is 0 Å². The lowest BCUT2D eigenvalue weighted by Gasteiger charge is -2.48. The molecule has 0 spiro atoms. The smallest absolute Gasteiger partial charge is 0.0224 e. The summed E-state index contributed by atoms with van der Waals surface area (Å²) in [6.45, 7) is 3.88. The molecule has 1 saturated carbocycles. The van der Waals surface area contributed by atoms with Crippen LogP contribution >= 0.6 is 0 Å². The molecule has 2 aliphatic heterocycles. The van der Waals surface area contributed by atoms with Crippen molar-refractivity contribution in [3.05, 3.63) is 0 Å². The standard InChI is InChI=1S/C14H26N2/c1-2-8-14-12(5-1)6-4-10-16(14)13-7-3-9-15-11-13/h12-15H,1-11H2. The first kappa shape index (κ1) is 11.0. The summed E-state index contributed by atoms with van der Waals surface area (Å²) in [5.74, 6) is 1.05. The van der Waals surface area contributed by atoms with Crippen molar-refractivity contribution in [2.45, 2.75) is 63.5 Å². The Morgan fingerprint density at radius 1 is 0.875 bits per heavy atom. The van der Waals surface area contributed by atoms with Gasteiger partial charge in [-0.2, -0.15) is 0 Å². The lowest BCUT2D eigenvalue weighted by atomic mass is 9.77. The Morgan fingerprint density at radius 2 is 1.75 bits per heavy atom. The van der Waals surface area contributed by atoms with E-state index in [-0.39, 0.29) is 0 Å². The molecule has 3 unspecified atom stereocenters. The molecule has 0 bridgehead atoms. The van der Waals surface area contributed by atoms with Gasteiger partial charge in [-0.25, -0.2) is 0 Å². The number of fused-ring (bicyclic) bond motifs is 1. The molecule has 2 heteroatoms. The van der Waals surface area contributed by atoms with Gasteiger partial charge in [0.25, 0.3) is 0 Å². The summed E-state index contributed by atoms with van der Waals surface area (Å²) in [4.78, 5) is 2.89. The third-order valence-corrected chi connectivity index (χ3v) is 5.03. The fourth-order valence-corrected chi connectivity index (χ4v) is 4.23. The van der Waals surface area contributed by atoms with Crippen molar-refractivity contribution in [2.24, 2.45) is 5.92 Å². The van der Waals surface area contributed by atoms with Crippen LogP contribution in [0.25, 0.3) is 0 Å². The van der Waals surface area contributed by atoms with Crippen molar-refractivity contribution >= 4 is 0 Å². The van der Waals surface area contributed by atoms with E-state index < -0.39 is 0 Å². The summed E-state index contributed by atoms with van der Waals surface area (Å²) in [5, 5.41) is 3.59. The van der Waals surface area contributed by atoms with E-state index in [0.717, 1.165) is 18.0 Å². The van der Waals surface area contributed by atoms with E-state index >= 15 is 0 Å². The van der Waals surface area contributed by atoms with E-state index in [4.69, 9.17) is 0 Å². The van der Waals surface area contributed by atoms with Crippen LogP contribution in [0.3, 0.4) is 0 Å². The Kier molecular flexibility index (Phi) is 3.49. The van der Waals surface area contributed by atoms with E-state index in [9.17, 15) is 0 Å². The number of piperidine rings is 2. The highest BCUT2D eigenvalue weighted by Gasteiger charge is 2.36. The van der Waals surface area contributed by atoms with Crippen molar-refractivity contribution in [2.75, 3.05) is 19.6 Å². The molecule has 16 heavy (non-hydrogen) atoms. The zero-order valence-electron chi connectivity index (χ0n) is 10.5. The molecule has 1 N–H and O–H groups in total. The number of likely N-dealkylation sites (tertiary alicyclic amines) is 1. The van der Waals surface area contributed by atoms with Crippen LogP contribution in [0.15, 0.2) is 0 Å². The fraction of sp³-hybridized carbons (Fsp3) is 1.00. The summed E-state index contributed by atoms with van der Waals surface area (Å²) >= 11 is 0. The van der Waals surface area contributed by atoms with Gasteiger partial charge in [-0.15, -0.1) is 0 Å². The summed E-state index contributed by atoms with van der Waals surface area (Å²) in [5.41, 5.74) is 0. The highest BCUT2D eigenvalue weighted by Crippen LogP contribution is 2.36. The predicted molar refractivity (Wildman–Crippen MR) is 67.6 cm³/mol. The van der Waals surface area contributed by atoms with Crippen molar-refractivity contribution in [1.29, 1.82) is 0 Å². The quantitative estimate of drug-likeness (QED) is 0.733. The minimum atomic E-state index is 0.861. The number of hydrogen-bond acceptors (Lipinski definition) is 2. The van der Waals surface area contributed by atoms with Crippen molar-refractivity contribution in [3.8, 4) is 0 Å². The fourth-order valence-electron chi connectivity index (χ4n) is 4.23. The molecule has 3 fully saturated rings. The van der Waals surface area contributed by atoms with Crippen LogP contribution in [0.2, 0.25) is 0 Å². The Hall–Kier alpha value is -0.0800. The molecule has 1 aliphatic carbocycles. The molecular formula is C14H26N2. The Labute approximate surface area is 99.8 Å². The Balaban J connectivity index is 1.67. The second-order valence-corrected chi connectivity index (χ2v) is 5.99. The summed E-state index contributed by atoms with van der Waals surface area (Å²) in [6, 6.07) is 1.81. The van der Waals surface area contributed by atoms with Gasteiger partial charge in [0.15, 0.2) is 0 Å². The molecule has 3 atom stereocenters. The van der Waals surface area contributed by atoms with E-state index in [1.165, 1.54) is 71.0 Å². The molecular weight excluding hydrogens is 196 g/mol. The maximum atomic E-state index is 3.59. The predicted octanol–water partition coefficient (Wildman–Crippen LogP) is 2.39. The van der Waals surface area contributed by atoms with Gasteiger partial charge < -0.3 is 5.32 Å². The van der Waals surface area contributed by atoms with Gasteiger partial charge in [-0.1, -0.05) is 12.8 Å². The van der Waals surface area contributed by atoms with Crippen molar-refractivity contribution in [3.63, 3.8) is 0 Å². The minimum Gasteiger partial charge on any atom is -0.315 e. The lowest BCUT2D eigenvalue weighted by Crippen LogP contribution is -2.55. The molecule has 0 aromatic carbocycles. The first-order valence-corrected chi connectivity index (χ1v) is 7.41. The van der Waals surface area contributed by atoms with E-state index in [0.29, 0.717) is 0 Å². The molecule has 3 aliphatic rings. The average Bonchev–Trinajstić information content (AvgIpc) is 2.39. The van der Waals surface area contributed by atoms with Crippen molar-refractivity contribution in [1.82, 2.24) is 10.2 Å². The second kappa shape index (κ2) is 5.05. The summed E-state index contributed by atoms with van der Waals surface area (Å²) in [7, 11) is 0. The van der Waals surface area contributed by atoms with Crippen LogP contribution in [0, 0.1) is 5.92 Å². The van der Waals surface area contributed by atoms with E-state index in [1.54, 1.807) is 0 Å². The maximum Gasteiger partial charge on any atom is 0.0224 e. The molecule has 92 valence electrons. The molecule has 2 saturated heterocycles. The van der Waals surface area contributed by atoms with Gasteiger partial charge in [0.1, 0.15) is 0 Å². The number of nitrogens with zero attached hydrogens (tertiary/aromatic N) is 1. The van der Waals surface area contributed by atoms with Crippen molar-refractivity contribution < 1.29 is 0 Å². The van der Waals surface area contributed by atoms with Gasteiger partial charge in [0, 0.05) is 18.6 Å². The van der Waals surface area contributed by atoms with E-state index in [2.05, 4.69) is 10.2 Å². The molecule has 0 aromatic rings. The molecule has 0 amide bonds. The van der Waals surface area contributed by atoms with Crippen LogP contribution in [0.1, 0.15) is 51.4 Å². The monoisotopic (exact) mass is 222 g/mol. The highest BCUT2D eigenvalue weighted by molar-refractivity contribution is 4.92. The first-order valence-electron chi connectivity index (χ1n) is 7.41. The zero-order valence-corrected chi connectivity index (χ0v) is 10.5. The number of rotatable bonds is 1. The van der Waals surface area contributed by atoms with Crippen LogP contribution < -0.4 is 5.32 Å². The highest BCUT2D eigenvalue weighted by atomic mass is 15.2. The molecule has 0 radical (unpaired) electrons. The minimum absolute atomic E-state index is 0.861. The van der Waals surface area contributed by atoms with Crippen LogP contribution in [-0.4, -0.2) is 36.6 Å². The summed E-state index contributed by atoms with van der Waals surface area (Å²) in [6.07, 6.45) is 11.8. The van der Waals surface area contributed by atoms with Gasteiger partial charge in [0.05, 0.1) is 0 Å². The third-order valence-electron chi connectivity index (χ3n) is 5.03. The Bertz CT molecular complexity index is 221. The second-order valence-electron chi connectivity index (χ2n) is 5.99. The maximum absolute atomic E-state index is 3.59. The number of nitrogens with one attached hydrogen (secondary N) is 1. The zero-order chi connectivity index (χ0) is 10.8. The van der Waals surface area contributed by atoms with E-state index in [1.807, 2.05) is 0 Å². The molecule has 3 rings (SSSR count). The molecule has 2 nitrogen and oxygen atoms in total. The lowest BCUT2D eigenvalue weighted by molar-refractivity contribution is 0.0177. The van der Waals surface area contributed by atoms with Gasteiger partial charge >= 0.3 is 0 Å². The van der Waals surface area contributed by atoms with Crippen LogP contribution in [0.5, 0.6) is 0 Å². The topological polar surface area (TPSA) is 15.3 Å². The molecule has 0 aromatic heterocycles. The third kappa shape index (κ3) is 2.14. The van der Waals surface area contributed by atoms with Crippen LogP contribution in [-0.2, 0) is 0 Å². The largest absolute Gasteiger partial charge is 0.315 e. The average molecular weight is 222 g/mol. The SMILES string of the molecule is C1CCC2C(C1)CCCN2C1CCCNC1. The molecule has 2 heterocycles. The Morgan fingerprint density at radius 3 is 2.62 bits per heavy atom. The van der Waals surface area contributed by atoms with Gasteiger partial charge in [-0.05, 0) is 57.5 Å². The van der Waals surface area contributed by atoms with Gasteiger partial charge in [-0.3, -0.25) is 4.90 Å². The van der Waals surface area contributed by atoms with Crippen LogP contribution in [0.4, 0.5) is 0 Å². The normalized spacial score (nSPS) is 41.6. The first-order chi connectivity index (χ1) is 7.95. The number of hydrogen-bond donors (Lipinski definition) is 1. The summed E-state index contributed by atoms with van der Waals surface area (Å²) < 4.78 is 0.